The van der Waals surface area contributed by atoms with E-state index < -0.39 is 0 Å². The summed E-state index contributed by atoms with van der Waals surface area (Å²) in [5, 5.41) is 0. The van der Waals surface area contributed by atoms with Crippen molar-refractivity contribution in [2.45, 2.75) is 114 Å². The summed E-state index contributed by atoms with van der Waals surface area (Å²) in [4.78, 5) is 0. The van der Waals surface area contributed by atoms with E-state index in [1.807, 2.05) is 54.6 Å². The predicted molar refractivity (Wildman–Crippen MR) is 266 cm³/mol. The fraction of sp³-hybridized carbons (Fsp3) is 0.500. The summed E-state index contributed by atoms with van der Waals surface area (Å²) in [5.41, 5.74) is 7.28. The van der Waals surface area contributed by atoms with E-state index in [9.17, 15) is 0 Å². The van der Waals surface area contributed by atoms with Crippen LogP contribution in [0, 0.1) is 22.7 Å². The molecule has 11 unspecified atom stereocenters. The van der Waals surface area contributed by atoms with Gasteiger partial charge >= 0.3 is 0 Å². The Labute approximate surface area is 410 Å². The van der Waals surface area contributed by atoms with Crippen LogP contribution in [-0.4, -0.2) is 83.4 Å². The van der Waals surface area contributed by atoms with Crippen LogP contribution in [0.25, 0.3) is 0 Å². The molecule has 5 aliphatic heterocycles. The van der Waals surface area contributed by atoms with Gasteiger partial charge in [-0.05, 0) is 82.6 Å². The molecule has 3 aliphatic carbocycles. The average Bonchev–Trinajstić information content (AvgIpc) is 4.17. The molecule has 5 heterocycles. The molecular formula is C60H72O9. The Balaban J connectivity index is 0.000000108. The number of epoxide rings is 5. The lowest BCUT2D eigenvalue weighted by Crippen LogP contribution is -2.10. The summed E-state index contributed by atoms with van der Waals surface area (Å²) in [6.07, 6.45) is 9.13. The van der Waals surface area contributed by atoms with Crippen molar-refractivity contribution in [1.82, 2.24) is 0 Å². The number of benzene rings is 5. The van der Waals surface area contributed by atoms with Crippen LogP contribution in [0.5, 0.6) is 0 Å². The van der Waals surface area contributed by atoms with Gasteiger partial charge in [-0.2, -0.15) is 0 Å². The van der Waals surface area contributed by atoms with Gasteiger partial charge in [0.1, 0.15) is 61.0 Å². The molecule has 0 radical (unpaired) electrons. The average molecular weight is 937 g/mol. The third-order valence-electron chi connectivity index (χ3n) is 14.6. The minimum absolute atomic E-state index is 0.196. The molecule has 5 aromatic carbocycles. The van der Waals surface area contributed by atoms with Crippen molar-refractivity contribution in [1.29, 1.82) is 0 Å². The van der Waals surface area contributed by atoms with Gasteiger partial charge in [0.05, 0.1) is 46.2 Å². The number of hydrogen-bond donors (Lipinski definition) is 0. The van der Waals surface area contributed by atoms with Gasteiger partial charge in [-0.25, -0.2) is 0 Å². The quantitative estimate of drug-likeness (QED) is 0.0666. The molecule has 11 atom stereocenters. The van der Waals surface area contributed by atoms with Crippen molar-refractivity contribution in [2.75, 3.05) is 52.9 Å². The zero-order valence-electron chi connectivity index (χ0n) is 40.7. The molecule has 0 bridgehead atoms. The topological polar surface area (TPSA) is 99.6 Å². The monoisotopic (exact) mass is 937 g/mol. The molecule has 13 rings (SSSR count). The highest BCUT2D eigenvalue weighted by Gasteiger charge is 2.47. The first kappa shape index (κ1) is 48.4. The summed E-state index contributed by atoms with van der Waals surface area (Å²) in [6.45, 7) is 13.2. The summed E-state index contributed by atoms with van der Waals surface area (Å²) >= 11 is 0. The molecule has 5 aromatic rings. The van der Waals surface area contributed by atoms with Gasteiger partial charge in [0, 0.05) is 6.61 Å². The highest BCUT2D eigenvalue weighted by Crippen LogP contribution is 2.52. The van der Waals surface area contributed by atoms with E-state index in [4.69, 9.17) is 42.6 Å². The summed E-state index contributed by atoms with van der Waals surface area (Å²) in [5.74, 6) is 1.61. The Hall–Kier alpha value is -4.26. The molecule has 0 spiro atoms. The first-order valence-electron chi connectivity index (χ1n) is 25.6. The second kappa shape index (κ2) is 22.4. The Kier molecular flexibility index (Phi) is 15.7. The molecule has 9 nitrogen and oxygen atoms in total. The zero-order valence-corrected chi connectivity index (χ0v) is 40.7. The zero-order chi connectivity index (χ0) is 47.0. The Morgan fingerprint density at radius 2 is 0.652 bits per heavy atom. The van der Waals surface area contributed by atoms with E-state index in [-0.39, 0.29) is 54.9 Å². The van der Waals surface area contributed by atoms with Crippen LogP contribution in [0.15, 0.2) is 152 Å². The molecule has 5 saturated heterocycles. The maximum atomic E-state index is 5.74. The van der Waals surface area contributed by atoms with Crippen molar-refractivity contribution in [3.05, 3.63) is 179 Å². The van der Waals surface area contributed by atoms with E-state index in [0.29, 0.717) is 30.1 Å². The van der Waals surface area contributed by atoms with Crippen LogP contribution < -0.4 is 0 Å². The second-order valence-corrected chi connectivity index (χ2v) is 21.3. The minimum Gasteiger partial charge on any atom is -0.378 e. The van der Waals surface area contributed by atoms with Gasteiger partial charge in [-0.3, -0.25) is 0 Å². The molecular weight excluding hydrogens is 865 g/mol. The first-order chi connectivity index (χ1) is 33.8. The molecule has 0 amide bonds. The number of ether oxygens (including phenoxy) is 9. The van der Waals surface area contributed by atoms with E-state index >= 15 is 0 Å². The third-order valence-corrected chi connectivity index (χ3v) is 14.6. The molecule has 8 aliphatic rings. The summed E-state index contributed by atoms with van der Waals surface area (Å²) in [7, 11) is 0. The van der Waals surface area contributed by atoms with E-state index in [0.717, 1.165) is 51.5 Å². The molecule has 0 N–H and O–H groups in total. The first-order valence-corrected chi connectivity index (χ1v) is 25.6. The highest BCUT2D eigenvalue weighted by atomic mass is 16.6. The van der Waals surface area contributed by atoms with Gasteiger partial charge in [-0.1, -0.05) is 172 Å². The standard InChI is InChI=1S/C18H18O3.C15H20O2.C14H18O2.C13H16O2/c1-3-7-13(8-4-1)17-15(20-17)11-19-12-16-18(21-16)14-9-5-2-6-10-14;1-15(2)8-12(15)9-16-10-13-14(17-13)11-6-4-3-5-7-11;1-14(7-8-14)10-15-9-12-13(16-12)11-5-3-2-4-6-11;1-2-4-11(5-3-1)13-12(15-13)9-14-8-10-6-7-10/h1-10,15-18H,11-12H2;3-7,12-14H,8-10H2,1-2H3;2-6,12-13H,7-10H2,1H3;1-5,10,12-13H,6-9H2. The largest absolute Gasteiger partial charge is 0.378 e. The molecule has 69 heavy (non-hydrogen) atoms. The molecule has 3 saturated carbocycles. The number of rotatable bonds is 21. The van der Waals surface area contributed by atoms with Gasteiger partial charge in [-0.15, -0.1) is 0 Å². The maximum absolute atomic E-state index is 5.74. The molecule has 8 fully saturated rings. The lowest BCUT2D eigenvalue weighted by Gasteiger charge is -2.07. The van der Waals surface area contributed by atoms with Crippen molar-refractivity contribution >= 4 is 0 Å². The Bertz CT molecular complexity index is 2240. The van der Waals surface area contributed by atoms with Gasteiger partial charge in [0.2, 0.25) is 0 Å². The molecule has 366 valence electrons. The molecule has 0 aromatic heterocycles. The number of hydrogen-bond acceptors (Lipinski definition) is 9. The van der Waals surface area contributed by atoms with Crippen LogP contribution in [0.1, 0.15) is 111 Å². The summed E-state index contributed by atoms with van der Waals surface area (Å²) in [6, 6.07) is 51.7. The normalized spacial score (nSPS) is 30.7. The Morgan fingerprint density at radius 3 is 0.928 bits per heavy atom. The maximum Gasteiger partial charge on any atom is 0.112 e. The van der Waals surface area contributed by atoms with E-state index in [1.54, 1.807) is 0 Å². The fourth-order valence-electron chi connectivity index (χ4n) is 8.93. The van der Waals surface area contributed by atoms with Gasteiger partial charge in [0.25, 0.3) is 0 Å². The van der Waals surface area contributed by atoms with Crippen LogP contribution in [0.2, 0.25) is 0 Å². The lowest BCUT2D eigenvalue weighted by atomic mass is 10.1. The molecule has 9 heteroatoms. The van der Waals surface area contributed by atoms with Gasteiger partial charge < -0.3 is 42.6 Å². The van der Waals surface area contributed by atoms with Crippen LogP contribution >= 0.6 is 0 Å². The smallest absolute Gasteiger partial charge is 0.112 e. The van der Waals surface area contributed by atoms with E-state index in [2.05, 4.69) is 118 Å². The van der Waals surface area contributed by atoms with E-state index in [1.165, 1.54) is 59.9 Å². The van der Waals surface area contributed by atoms with Crippen molar-refractivity contribution in [2.24, 2.45) is 22.7 Å². The third kappa shape index (κ3) is 14.9. The van der Waals surface area contributed by atoms with Crippen LogP contribution in [0.4, 0.5) is 0 Å². The SMILES string of the molecule is CC1(C)CC1COCC1OC1c1ccccc1.CC1(COCC2OC2c2ccccc2)CC1.c1ccc(C2OC2COCC2CC2)cc1.c1ccc(C2OC2COCC2OC2c2ccccc2)cc1. The Morgan fingerprint density at radius 1 is 0.377 bits per heavy atom. The highest BCUT2D eigenvalue weighted by molar-refractivity contribution is 5.26. The van der Waals surface area contributed by atoms with Crippen molar-refractivity contribution in [3.8, 4) is 0 Å². The fourth-order valence-corrected chi connectivity index (χ4v) is 8.93. The van der Waals surface area contributed by atoms with Crippen LogP contribution in [-0.2, 0) is 42.6 Å². The van der Waals surface area contributed by atoms with Gasteiger partial charge in [0.15, 0.2) is 0 Å². The minimum atomic E-state index is 0.196. The lowest BCUT2D eigenvalue weighted by molar-refractivity contribution is 0.0834. The second-order valence-electron chi connectivity index (χ2n) is 21.3. The van der Waals surface area contributed by atoms with Crippen molar-refractivity contribution in [3.63, 3.8) is 0 Å². The van der Waals surface area contributed by atoms with Crippen LogP contribution in [0.3, 0.4) is 0 Å². The summed E-state index contributed by atoms with van der Waals surface area (Å²) < 4.78 is 50.9. The predicted octanol–water partition coefficient (Wildman–Crippen LogP) is 12.0. The van der Waals surface area contributed by atoms with Crippen molar-refractivity contribution < 1.29 is 42.6 Å².